The Balaban J connectivity index is 1.60. The van der Waals surface area contributed by atoms with E-state index in [1.807, 2.05) is 0 Å². The number of aromatic amines is 2. The number of thioether (sulfide) groups is 1. The average molecular weight is 514 g/mol. The lowest BCUT2D eigenvalue weighted by Gasteiger charge is -2.15. The molecule has 0 saturated carbocycles. The largest absolute Gasteiger partial charge is 0.497 e. The molecule has 1 aliphatic rings. The number of hydrogen-bond donors (Lipinski definition) is 5. The van der Waals surface area contributed by atoms with Crippen LogP contribution in [0.3, 0.4) is 0 Å². The topological polar surface area (TPSA) is 166 Å². The first-order valence-corrected chi connectivity index (χ1v) is 11.4. The number of H-pyrrole nitrogens is 2. The Kier molecular flexibility index (Phi) is 7.20. The minimum atomic E-state index is -1.12. The Morgan fingerprint density at radius 1 is 1.17 bits per heavy atom. The molecule has 11 nitrogen and oxygen atoms in total. The number of methoxy groups -OCH3 is 1. The minimum Gasteiger partial charge on any atom is -0.497 e. The van der Waals surface area contributed by atoms with Crippen LogP contribution < -0.4 is 26.6 Å². The van der Waals surface area contributed by atoms with E-state index in [-0.39, 0.29) is 22.8 Å². The lowest BCUT2D eigenvalue weighted by atomic mass is 10.0. The molecule has 186 valence electrons. The van der Waals surface area contributed by atoms with Gasteiger partial charge in [-0.1, -0.05) is 36.0 Å². The number of aliphatic imine (C=N–C) groups is 1. The van der Waals surface area contributed by atoms with Crippen molar-refractivity contribution in [3.05, 3.63) is 86.3 Å². The highest BCUT2D eigenvalue weighted by molar-refractivity contribution is 8.15. The highest BCUT2D eigenvalue weighted by atomic mass is 32.2. The first-order chi connectivity index (χ1) is 17.2. The first kappa shape index (κ1) is 24.7. The van der Waals surface area contributed by atoms with Gasteiger partial charge in [-0.25, -0.2) is 14.2 Å². The molecular weight excluding hydrogens is 493 g/mol. The van der Waals surface area contributed by atoms with E-state index in [0.29, 0.717) is 11.3 Å². The minimum absolute atomic E-state index is 0.00728. The molecule has 1 saturated heterocycles. The predicted molar refractivity (Wildman–Crippen MR) is 131 cm³/mol. The molecule has 2 atom stereocenters. The van der Waals surface area contributed by atoms with Crippen molar-refractivity contribution in [3.63, 3.8) is 0 Å². The molecule has 2 heterocycles. The average Bonchev–Trinajstić information content (AvgIpc) is 3.17. The van der Waals surface area contributed by atoms with Gasteiger partial charge in [-0.05, 0) is 29.8 Å². The number of nitrogens with zero attached hydrogens (tertiary/aromatic N) is 1. The van der Waals surface area contributed by atoms with E-state index >= 15 is 0 Å². The van der Waals surface area contributed by atoms with Crippen LogP contribution in [0.4, 0.5) is 10.1 Å². The quantitative estimate of drug-likeness (QED) is 0.320. The van der Waals surface area contributed by atoms with Crippen molar-refractivity contribution >= 4 is 34.4 Å². The molecule has 1 aromatic heterocycles. The molecule has 13 heteroatoms. The van der Waals surface area contributed by atoms with Crippen LogP contribution in [0.15, 0.2) is 63.1 Å². The third kappa shape index (κ3) is 5.46. The standard InChI is InChI=1S/C23H20FN5O6S/c1-35-12-8-6-11(7-9-12)18(17-20(32)27-22(34)28-21(17)33)26-23-29-19(31)15(36-23)10-16(30)25-14-5-3-2-4-13(14)24/h2-9,15,18H,10H2,1H3,(H,25,30)(H,26,29,31)(H3,27,28,32,33,34)/t15-,18-/m0/s1. The number of ether oxygens (including phenoxy) is 1. The summed E-state index contributed by atoms with van der Waals surface area (Å²) in [6, 6.07) is 11.0. The third-order valence-electron chi connectivity index (χ3n) is 5.21. The number of nitrogens with one attached hydrogen (secondary N) is 4. The zero-order valence-electron chi connectivity index (χ0n) is 18.7. The first-order valence-electron chi connectivity index (χ1n) is 10.5. The molecule has 1 fully saturated rings. The number of carbonyl (C=O) groups excluding carboxylic acids is 2. The number of benzene rings is 2. The second kappa shape index (κ2) is 10.5. The summed E-state index contributed by atoms with van der Waals surface area (Å²) in [5.74, 6) is -1.82. The third-order valence-corrected chi connectivity index (χ3v) is 6.30. The maximum Gasteiger partial charge on any atom is 0.328 e. The SMILES string of the molecule is COc1ccc([C@H](N=C2NC(=O)[C@H](CC(=O)Nc3ccccc3F)S2)c2c(O)[nH]c(=O)[nH]c2=O)cc1. The van der Waals surface area contributed by atoms with Gasteiger partial charge in [0.05, 0.1) is 12.8 Å². The van der Waals surface area contributed by atoms with Crippen LogP contribution in [-0.2, 0) is 9.59 Å². The number of rotatable bonds is 7. The van der Waals surface area contributed by atoms with E-state index in [1.165, 1.54) is 25.3 Å². The normalized spacial score (nSPS) is 17.0. The number of amidine groups is 1. The number of amides is 2. The Morgan fingerprint density at radius 3 is 2.56 bits per heavy atom. The Morgan fingerprint density at radius 2 is 1.89 bits per heavy atom. The molecule has 4 rings (SSSR count). The molecule has 0 spiro atoms. The monoisotopic (exact) mass is 513 g/mol. The summed E-state index contributed by atoms with van der Waals surface area (Å²) in [5, 5.41) is 14.5. The number of aromatic nitrogens is 2. The van der Waals surface area contributed by atoms with Gasteiger partial charge < -0.3 is 20.5 Å². The van der Waals surface area contributed by atoms with E-state index in [4.69, 9.17) is 4.74 Å². The van der Waals surface area contributed by atoms with Crippen LogP contribution in [0.2, 0.25) is 0 Å². The van der Waals surface area contributed by atoms with Crippen molar-refractivity contribution in [3.8, 4) is 11.6 Å². The van der Waals surface area contributed by atoms with Gasteiger partial charge >= 0.3 is 5.69 Å². The number of anilines is 1. The maximum atomic E-state index is 13.8. The van der Waals surface area contributed by atoms with E-state index in [9.17, 15) is 28.7 Å². The molecule has 1 aliphatic heterocycles. The molecule has 5 N–H and O–H groups in total. The molecule has 0 unspecified atom stereocenters. The lowest BCUT2D eigenvalue weighted by molar-refractivity contribution is -0.122. The van der Waals surface area contributed by atoms with Crippen molar-refractivity contribution < 1.29 is 23.8 Å². The van der Waals surface area contributed by atoms with E-state index < -0.39 is 46.1 Å². The van der Waals surface area contributed by atoms with Gasteiger partial charge in [0.1, 0.15) is 28.4 Å². The van der Waals surface area contributed by atoms with Gasteiger partial charge in [0.2, 0.25) is 17.7 Å². The Bertz CT molecular complexity index is 1450. The lowest BCUT2D eigenvalue weighted by Crippen LogP contribution is -2.29. The van der Waals surface area contributed by atoms with Crippen LogP contribution in [0.1, 0.15) is 23.6 Å². The van der Waals surface area contributed by atoms with Crippen LogP contribution >= 0.6 is 11.8 Å². The zero-order chi connectivity index (χ0) is 25.8. The predicted octanol–water partition coefficient (Wildman–Crippen LogP) is 1.62. The molecule has 0 aliphatic carbocycles. The van der Waals surface area contributed by atoms with Crippen molar-refractivity contribution in [1.82, 2.24) is 15.3 Å². The number of halogens is 1. The second-order valence-electron chi connectivity index (χ2n) is 7.61. The molecule has 36 heavy (non-hydrogen) atoms. The molecule has 2 aromatic carbocycles. The highest BCUT2D eigenvalue weighted by Gasteiger charge is 2.34. The van der Waals surface area contributed by atoms with Crippen molar-refractivity contribution in [2.75, 3.05) is 12.4 Å². The fourth-order valence-electron chi connectivity index (χ4n) is 3.48. The van der Waals surface area contributed by atoms with Crippen LogP contribution in [0.5, 0.6) is 11.6 Å². The van der Waals surface area contributed by atoms with Crippen molar-refractivity contribution in [2.24, 2.45) is 4.99 Å². The van der Waals surface area contributed by atoms with Gasteiger partial charge in [-0.15, -0.1) is 0 Å². The summed E-state index contributed by atoms with van der Waals surface area (Å²) in [4.78, 5) is 57.6. The Labute approximate surface area is 206 Å². The van der Waals surface area contributed by atoms with Gasteiger partial charge in [-0.3, -0.25) is 24.4 Å². The summed E-state index contributed by atoms with van der Waals surface area (Å²) < 4.78 is 19.0. The molecule has 2 amide bonds. The molecule has 3 aromatic rings. The molecule has 0 radical (unpaired) electrons. The fourth-order valence-corrected chi connectivity index (χ4v) is 4.48. The van der Waals surface area contributed by atoms with Crippen LogP contribution in [0, 0.1) is 5.82 Å². The zero-order valence-corrected chi connectivity index (χ0v) is 19.5. The second-order valence-corrected chi connectivity index (χ2v) is 8.80. The smallest absolute Gasteiger partial charge is 0.328 e. The number of aromatic hydroxyl groups is 1. The van der Waals surface area contributed by atoms with Gasteiger partial charge in [-0.2, -0.15) is 0 Å². The van der Waals surface area contributed by atoms with E-state index in [2.05, 4.69) is 25.6 Å². The molecular formula is C23H20FN5O6S. The maximum absolute atomic E-state index is 13.8. The van der Waals surface area contributed by atoms with E-state index in [1.54, 1.807) is 30.3 Å². The van der Waals surface area contributed by atoms with Crippen molar-refractivity contribution in [2.45, 2.75) is 17.7 Å². The molecule has 0 bridgehead atoms. The summed E-state index contributed by atoms with van der Waals surface area (Å²) in [7, 11) is 1.48. The summed E-state index contributed by atoms with van der Waals surface area (Å²) in [6.45, 7) is 0. The van der Waals surface area contributed by atoms with Crippen molar-refractivity contribution in [1.29, 1.82) is 0 Å². The summed E-state index contributed by atoms with van der Waals surface area (Å²) in [5.41, 5.74) is -1.56. The van der Waals surface area contributed by atoms with Crippen LogP contribution in [-0.4, -0.2) is 44.4 Å². The number of para-hydroxylation sites is 1. The van der Waals surface area contributed by atoms with E-state index in [0.717, 1.165) is 11.8 Å². The summed E-state index contributed by atoms with van der Waals surface area (Å²) in [6.07, 6.45) is -0.262. The van der Waals surface area contributed by atoms with Gasteiger partial charge in [0.15, 0.2) is 5.17 Å². The summed E-state index contributed by atoms with van der Waals surface area (Å²) >= 11 is 0.946. The fraction of sp³-hybridized carbons (Fsp3) is 0.174. The van der Waals surface area contributed by atoms with Gasteiger partial charge in [0, 0.05) is 6.42 Å². The highest BCUT2D eigenvalue weighted by Crippen LogP contribution is 2.32. The van der Waals surface area contributed by atoms with Gasteiger partial charge in [0.25, 0.3) is 5.56 Å². The van der Waals surface area contributed by atoms with Crippen LogP contribution in [0.25, 0.3) is 0 Å². The number of carbonyl (C=O) groups is 2. The Hall–Kier alpha value is -4.39. The number of hydrogen-bond acceptors (Lipinski definition) is 8.